The van der Waals surface area contributed by atoms with Crippen LogP contribution in [0.4, 0.5) is 5.82 Å². The number of halogens is 1. The molecule has 114 valence electrons. The van der Waals surface area contributed by atoms with Gasteiger partial charge in [-0.25, -0.2) is 4.98 Å². The summed E-state index contributed by atoms with van der Waals surface area (Å²) < 4.78 is 0. The number of hydrogen-bond donors (Lipinski definition) is 2. The molecule has 2 N–H and O–H groups in total. The molecule has 1 aromatic rings. The molecule has 5 nitrogen and oxygen atoms in total. The summed E-state index contributed by atoms with van der Waals surface area (Å²) in [6.45, 7) is 4.78. The van der Waals surface area contributed by atoms with Crippen molar-refractivity contribution in [2.75, 3.05) is 25.0 Å². The summed E-state index contributed by atoms with van der Waals surface area (Å²) in [5.74, 6) is 0.534. The third-order valence-electron chi connectivity index (χ3n) is 4.07. The van der Waals surface area contributed by atoms with Gasteiger partial charge in [-0.05, 0) is 32.3 Å². The molecule has 0 radical (unpaired) electrons. The maximum atomic E-state index is 12.3. The summed E-state index contributed by atoms with van der Waals surface area (Å²) in [6, 6.07) is 2.68. The lowest BCUT2D eigenvalue weighted by Crippen LogP contribution is -2.37. The van der Waals surface area contributed by atoms with E-state index in [1.807, 2.05) is 6.92 Å². The van der Waals surface area contributed by atoms with Crippen molar-refractivity contribution in [2.45, 2.75) is 38.3 Å². The smallest absolute Gasteiger partial charge is 0.253 e. The second-order valence-corrected chi connectivity index (χ2v) is 6.18. The van der Waals surface area contributed by atoms with Crippen LogP contribution in [0.5, 0.6) is 0 Å². The summed E-state index contributed by atoms with van der Waals surface area (Å²) in [5, 5.41) is 6.63. The molecule has 1 aliphatic carbocycles. The van der Waals surface area contributed by atoms with E-state index in [1.54, 1.807) is 12.3 Å². The lowest BCUT2D eigenvalue weighted by Gasteiger charge is -2.16. The number of hydrogen-bond acceptors (Lipinski definition) is 4. The topological polar surface area (TPSA) is 57.3 Å². The zero-order valence-electron chi connectivity index (χ0n) is 12.2. The van der Waals surface area contributed by atoms with Crippen molar-refractivity contribution in [3.63, 3.8) is 0 Å². The molecule has 1 saturated heterocycles. The zero-order chi connectivity index (χ0) is 14.8. The van der Waals surface area contributed by atoms with Gasteiger partial charge in [0.05, 0.1) is 10.6 Å². The number of rotatable bonds is 5. The number of aromatic nitrogens is 1. The van der Waals surface area contributed by atoms with Crippen LogP contribution in [0.3, 0.4) is 0 Å². The average Bonchev–Trinajstić information content (AvgIpc) is 3.22. The molecule has 6 heteroatoms. The summed E-state index contributed by atoms with van der Waals surface area (Å²) in [6.07, 6.45) is 5.23. The maximum Gasteiger partial charge on any atom is 0.253 e. The number of nitrogens with one attached hydrogen (secondary N) is 2. The van der Waals surface area contributed by atoms with Gasteiger partial charge in [0, 0.05) is 37.9 Å². The van der Waals surface area contributed by atoms with Gasteiger partial charge >= 0.3 is 0 Å². The van der Waals surface area contributed by atoms with Gasteiger partial charge in [0.1, 0.15) is 5.82 Å². The monoisotopic (exact) mass is 308 g/mol. The van der Waals surface area contributed by atoms with Gasteiger partial charge in [0.25, 0.3) is 5.91 Å². The van der Waals surface area contributed by atoms with Crippen LogP contribution < -0.4 is 10.6 Å². The maximum absolute atomic E-state index is 12.3. The first-order valence-electron chi connectivity index (χ1n) is 7.61. The predicted octanol–water partition coefficient (Wildman–Crippen LogP) is 2.13. The Morgan fingerprint density at radius 3 is 2.95 bits per heavy atom. The SMILES string of the molecule is CCNc1ncc(C(=O)NC2CCN(C3CC3)C2)cc1Cl. The van der Waals surface area contributed by atoms with Crippen molar-refractivity contribution in [1.82, 2.24) is 15.2 Å². The van der Waals surface area contributed by atoms with Crippen LogP contribution in [-0.2, 0) is 0 Å². The molecule has 1 saturated carbocycles. The molecule has 1 aromatic heterocycles. The van der Waals surface area contributed by atoms with E-state index in [-0.39, 0.29) is 11.9 Å². The molecule has 0 bridgehead atoms. The second-order valence-electron chi connectivity index (χ2n) is 5.77. The highest BCUT2D eigenvalue weighted by molar-refractivity contribution is 6.33. The number of nitrogens with zero attached hydrogens (tertiary/aromatic N) is 2. The van der Waals surface area contributed by atoms with Crippen molar-refractivity contribution in [1.29, 1.82) is 0 Å². The number of carbonyl (C=O) groups excluding carboxylic acids is 1. The first kappa shape index (κ1) is 14.6. The van der Waals surface area contributed by atoms with Crippen molar-refractivity contribution in [3.05, 3.63) is 22.8 Å². The number of carbonyl (C=O) groups is 1. The molecule has 0 spiro atoms. The molecule has 1 unspecified atom stereocenters. The lowest BCUT2D eigenvalue weighted by atomic mass is 10.2. The highest BCUT2D eigenvalue weighted by atomic mass is 35.5. The number of likely N-dealkylation sites (tertiary alicyclic amines) is 1. The normalized spacial score (nSPS) is 22.3. The highest BCUT2D eigenvalue weighted by Crippen LogP contribution is 2.29. The Balaban J connectivity index is 1.58. The Bertz CT molecular complexity index is 532. The Morgan fingerprint density at radius 1 is 1.48 bits per heavy atom. The van der Waals surface area contributed by atoms with Gasteiger partial charge < -0.3 is 10.6 Å². The van der Waals surface area contributed by atoms with E-state index in [1.165, 1.54) is 12.8 Å². The summed E-state index contributed by atoms with van der Waals surface area (Å²) in [4.78, 5) is 18.9. The molecular weight excluding hydrogens is 288 g/mol. The second kappa shape index (κ2) is 6.20. The van der Waals surface area contributed by atoms with E-state index in [9.17, 15) is 4.79 Å². The van der Waals surface area contributed by atoms with Crippen molar-refractivity contribution >= 4 is 23.3 Å². The van der Waals surface area contributed by atoms with Crippen LogP contribution >= 0.6 is 11.6 Å². The van der Waals surface area contributed by atoms with Gasteiger partial charge in [-0.3, -0.25) is 9.69 Å². The van der Waals surface area contributed by atoms with Gasteiger partial charge in [-0.2, -0.15) is 0 Å². The Hall–Kier alpha value is -1.33. The van der Waals surface area contributed by atoms with Crippen LogP contribution in [-0.4, -0.2) is 47.5 Å². The minimum absolute atomic E-state index is 0.0879. The minimum Gasteiger partial charge on any atom is -0.369 e. The molecule has 1 aliphatic heterocycles. The fraction of sp³-hybridized carbons (Fsp3) is 0.600. The molecule has 0 aromatic carbocycles. The molecular formula is C15H21ClN4O. The first-order valence-corrected chi connectivity index (χ1v) is 7.99. The van der Waals surface area contributed by atoms with E-state index in [0.717, 1.165) is 32.1 Å². The lowest BCUT2D eigenvalue weighted by molar-refractivity contribution is 0.0937. The van der Waals surface area contributed by atoms with Crippen molar-refractivity contribution < 1.29 is 4.79 Å². The fourth-order valence-electron chi connectivity index (χ4n) is 2.80. The molecule has 2 heterocycles. The van der Waals surface area contributed by atoms with E-state index in [0.29, 0.717) is 16.4 Å². The van der Waals surface area contributed by atoms with Crippen LogP contribution in [0.1, 0.15) is 36.5 Å². The minimum atomic E-state index is -0.0879. The van der Waals surface area contributed by atoms with E-state index in [2.05, 4.69) is 20.5 Å². The number of amides is 1. The summed E-state index contributed by atoms with van der Waals surface area (Å²) >= 11 is 6.13. The first-order chi connectivity index (χ1) is 10.2. The van der Waals surface area contributed by atoms with E-state index < -0.39 is 0 Å². The van der Waals surface area contributed by atoms with Crippen LogP contribution in [0.25, 0.3) is 0 Å². The third-order valence-corrected chi connectivity index (χ3v) is 4.35. The van der Waals surface area contributed by atoms with E-state index >= 15 is 0 Å². The highest BCUT2D eigenvalue weighted by Gasteiger charge is 2.34. The number of pyridine rings is 1. The Labute approximate surface area is 130 Å². The third kappa shape index (κ3) is 3.47. The fourth-order valence-corrected chi connectivity index (χ4v) is 3.04. The Morgan fingerprint density at radius 2 is 2.29 bits per heavy atom. The summed E-state index contributed by atoms with van der Waals surface area (Å²) in [7, 11) is 0. The number of anilines is 1. The Kier molecular flexibility index (Phi) is 4.31. The van der Waals surface area contributed by atoms with Gasteiger partial charge in [0.15, 0.2) is 0 Å². The molecule has 2 fully saturated rings. The molecule has 1 amide bonds. The zero-order valence-corrected chi connectivity index (χ0v) is 13.0. The van der Waals surface area contributed by atoms with Gasteiger partial charge in [-0.15, -0.1) is 0 Å². The molecule has 1 atom stereocenters. The van der Waals surface area contributed by atoms with Crippen LogP contribution in [0.2, 0.25) is 5.02 Å². The largest absolute Gasteiger partial charge is 0.369 e. The van der Waals surface area contributed by atoms with E-state index in [4.69, 9.17) is 11.6 Å². The standard InChI is InChI=1S/C15H21ClN4O/c1-2-17-14-13(16)7-10(8-18-14)15(21)19-11-5-6-20(9-11)12-3-4-12/h7-8,11-12H,2-6,9H2,1H3,(H,17,18)(H,19,21). The predicted molar refractivity (Wildman–Crippen MR) is 83.9 cm³/mol. The van der Waals surface area contributed by atoms with Crippen LogP contribution in [0, 0.1) is 0 Å². The van der Waals surface area contributed by atoms with Crippen molar-refractivity contribution in [2.24, 2.45) is 0 Å². The quantitative estimate of drug-likeness (QED) is 0.875. The van der Waals surface area contributed by atoms with Gasteiger partial charge in [-0.1, -0.05) is 11.6 Å². The van der Waals surface area contributed by atoms with Crippen molar-refractivity contribution in [3.8, 4) is 0 Å². The molecule has 2 aliphatic rings. The molecule has 3 rings (SSSR count). The van der Waals surface area contributed by atoms with Crippen LogP contribution in [0.15, 0.2) is 12.3 Å². The molecule has 21 heavy (non-hydrogen) atoms. The summed E-state index contributed by atoms with van der Waals surface area (Å²) in [5.41, 5.74) is 0.520. The van der Waals surface area contributed by atoms with Gasteiger partial charge in [0.2, 0.25) is 0 Å². The average molecular weight is 309 g/mol.